The number of benzene rings is 2. The predicted octanol–water partition coefficient (Wildman–Crippen LogP) is 4.54. The maximum Gasteiger partial charge on any atom is 0.246 e. The molecule has 0 N–H and O–H groups in total. The van der Waals surface area contributed by atoms with E-state index in [0.29, 0.717) is 29.6 Å². The smallest absolute Gasteiger partial charge is 0.246 e. The molecule has 3 rings (SSSR count). The van der Waals surface area contributed by atoms with Crippen molar-refractivity contribution in [3.05, 3.63) is 52.0 Å². The third-order valence-corrected chi connectivity index (χ3v) is 7.28. The molecular formula is C22H23Cl2N3O4S. The van der Waals surface area contributed by atoms with Gasteiger partial charge in [-0.15, -0.1) is 0 Å². The van der Waals surface area contributed by atoms with Crippen LogP contribution in [0.25, 0.3) is 0 Å². The lowest BCUT2D eigenvalue weighted by Gasteiger charge is -2.34. The summed E-state index contributed by atoms with van der Waals surface area (Å²) in [5, 5.41) is 9.96. The zero-order valence-corrected chi connectivity index (χ0v) is 20.0. The van der Waals surface area contributed by atoms with E-state index in [1.807, 2.05) is 19.9 Å². The molecule has 1 heterocycles. The Hall–Kier alpha value is -2.31. The topological polar surface area (TPSA) is 90.7 Å². The number of hydrogen-bond donors (Lipinski definition) is 0. The highest BCUT2D eigenvalue weighted by atomic mass is 35.5. The van der Waals surface area contributed by atoms with Crippen molar-refractivity contribution in [3.63, 3.8) is 0 Å². The fourth-order valence-electron chi connectivity index (χ4n) is 3.37. The van der Waals surface area contributed by atoms with Crippen molar-refractivity contribution in [3.8, 4) is 17.6 Å². The summed E-state index contributed by atoms with van der Waals surface area (Å²) in [6, 6.07) is 10.7. The van der Waals surface area contributed by atoms with Gasteiger partial charge < -0.3 is 9.64 Å². The van der Waals surface area contributed by atoms with E-state index < -0.39 is 10.0 Å². The SMILES string of the molecule is CC(C)CC(=O)N1CCN(S(=O)(=O)c2cc(C#N)ccc2Oc2cc(Cl)cc(Cl)c2)CC1. The number of hydrogen-bond acceptors (Lipinski definition) is 5. The molecule has 2 aromatic carbocycles. The van der Waals surface area contributed by atoms with Gasteiger partial charge in [0.15, 0.2) is 0 Å². The van der Waals surface area contributed by atoms with E-state index in [4.69, 9.17) is 27.9 Å². The average Bonchev–Trinajstić information content (AvgIpc) is 2.73. The van der Waals surface area contributed by atoms with Crippen LogP contribution < -0.4 is 4.74 Å². The van der Waals surface area contributed by atoms with Crippen molar-refractivity contribution in [2.75, 3.05) is 26.2 Å². The monoisotopic (exact) mass is 495 g/mol. The molecule has 10 heteroatoms. The third-order valence-electron chi connectivity index (χ3n) is 4.93. The highest BCUT2D eigenvalue weighted by molar-refractivity contribution is 7.89. The molecule has 1 saturated heterocycles. The minimum atomic E-state index is -3.98. The second-order valence-corrected chi connectivity index (χ2v) is 10.6. The van der Waals surface area contributed by atoms with Crippen LogP contribution in [0.2, 0.25) is 10.0 Å². The Morgan fingerprint density at radius 2 is 1.72 bits per heavy atom. The van der Waals surface area contributed by atoms with Gasteiger partial charge in [0, 0.05) is 42.6 Å². The molecule has 0 radical (unpaired) electrons. The second-order valence-electron chi connectivity index (χ2n) is 7.86. The van der Waals surface area contributed by atoms with Crippen LogP contribution in [0.5, 0.6) is 11.5 Å². The summed E-state index contributed by atoms with van der Waals surface area (Å²) >= 11 is 12.0. The second kappa shape index (κ2) is 10.1. The van der Waals surface area contributed by atoms with Gasteiger partial charge in [0.2, 0.25) is 15.9 Å². The number of nitrogens with zero attached hydrogens (tertiary/aromatic N) is 3. The van der Waals surface area contributed by atoms with Gasteiger partial charge in [0.1, 0.15) is 16.4 Å². The normalized spacial score (nSPS) is 14.9. The first-order chi connectivity index (χ1) is 15.1. The lowest BCUT2D eigenvalue weighted by molar-refractivity contribution is -0.133. The van der Waals surface area contributed by atoms with Crippen LogP contribution in [-0.2, 0) is 14.8 Å². The fourth-order valence-corrected chi connectivity index (χ4v) is 5.44. The predicted molar refractivity (Wildman–Crippen MR) is 122 cm³/mol. The van der Waals surface area contributed by atoms with E-state index in [-0.39, 0.29) is 46.9 Å². The van der Waals surface area contributed by atoms with Crippen LogP contribution in [0.15, 0.2) is 41.3 Å². The quantitative estimate of drug-likeness (QED) is 0.586. The molecule has 7 nitrogen and oxygen atoms in total. The molecule has 0 unspecified atom stereocenters. The Bertz CT molecular complexity index is 1130. The van der Waals surface area contributed by atoms with Crippen LogP contribution in [-0.4, -0.2) is 49.7 Å². The molecule has 0 aliphatic carbocycles. The van der Waals surface area contributed by atoms with E-state index in [9.17, 15) is 18.5 Å². The Labute approximate surface area is 198 Å². The van der Waals surface area contributed by atoms with Gasteiger partial charge in [-0.05, 0) is 42.3 Å². The first kappa shape index (κ1) is 24.3. The Morgan fingerprint density at radius 1 is 1.09 bits per heavy atom. The number of halogens is 2. The molecule has 0 bridgehead atoms. The third kappa shape index (κ3) is 5.73. The van der Waals surface area contributed by atoms with Crippen molar-refractivity contribution in [1.82, 2.24) is 9.21 Å². The van der Waals surface area contributed by atoms with Crippen LogP contribution in [0.1, 0.15) is 25.8 Å². The van der Waals surface area contributed by atoms with Crippen molar-refractivity contribution in [2.24, 2.45) is 5.92 Å². The maximum atomic E-state index is 13.4. The zero-order valence-electron chi connectivity index (χ0n) is 17.7. The van der Waals surface area contributed by atoms with Crippen LogP contribution in [0, 0.1) is 17.2 Å². The standard InChI is InChI=1S/C22H23Cl2N3O4S/c1-15(2)9-22(28)26-5-7-27(8-6-26)32(29,30)21-10-16(14-25)3-4-20(21)31-19-12-17(23)11-18(24)13-19/h3-4,10-13,15H,5-9H2,1-2H3. The van der Waals surface area contributed by atoms with E-state index >= 15 is 0 Å². The van der Waals surface area contributed by atoms with Gasteiger partial charge in [-0.3, -0.25) is 4.79 Å². The van der Waals surface area contributed by atoms with Gasteiger partial charge in [-0.2, -0.15) is 9.57 Å². The van der Waals surface area contributed by atoms with Crippen LogP contribution in [0.4, 0.5) is 0 Å². The lowest BCUT2D eigenvalue weighted by atomic mass is 10.1. The molecule has 0 aromatic heterocycles. The Kier molecular flexibility index (Phi) is 7.67. The first-order valence-corrected chi connectivity index (χ1v) is 12.3. The summed E-state index contributed by atoms with van der Waals surface area (Å²) in [6.45, 7) is 4.87. The van der Waals surface area contributed by atoms with Crippen molar-refractivity contribution < 1.29 is 17.9 Å². The van der Waals surface area contributed by atoms with Crippen LogP contribution >= 0.6 is 23.2 Å². The molecule has 1 fully saturated rings. The number of amides is 1. The molecule has 0 saturated carbocycles. The summed E-state index contributed by atoms with van der Waals surface area (Å²) in [6.07, 6.45) is 0.428. The van der Waals surface area contributed by atoms with Gasteiger partial charge in [0.05, 0.1) is 11.6 Å². The van der Waals surface area contributed by atoms with E-state index in [0.717, 1.165) is 0 Å². The summed E-state index contributed by atoms with van der Waals surface area (Å²) in [4.78, 5) is 13.9. The largest absolute Gasteiger partial charge is 0.456 e. The average molecular weight is 496 g/mol. The molecule has 0 spiro atoms. The van der Waals surface area contributed by atoms with Gasteiger partial charge in [-0.1, -0.05) is 37.0 Å². The van der Waals surface area contributed by atoms with Gasteiger partial charge >= 0.3 is 0 Å². The molecule has 1 aliphatic heterocycles. The number of ether oxygens (including phenoxy) is 1. The van der Waals surface area contributed by atoms with Gasteiger partial charge in [0.25, 0.3) is 0 Å². The molecule has 1 aliphatic rings. The maximum absolute atomic E-state index is 13.4. The molecule has 1 amide bonds. The number of carbonyl (C=O) groups is 1. The summed E-state index contributed by atoms with van der Waals surface area (Å²) < 4.78 is 34.0. The summed E-state index contributed by atoms with van der Waals surface area (Å²) in [7, 11) is -3.98. The first-order valence-electron chi connectivity index (χ1n) is 10.1. The number of sulfonamides is 1. The van der Waals surface area contributed by atoms with Crippen molar-refractivity contribution in [1.29, 1.82) is 5.26 Å². The minimum absolute atomic E-state index is 0.0189. The van der Waals surface area contributed by atoms with Gasteiger partial charge in [-0.25, -0.2) is 8.42 Å². The van der Waals surface area contributed by atoms with E-state index in [1.165, 1.54) is 40.7 Å². The Morgan fingerprint density at radius 3 is 2.28 bits per heavy atom. The highest BCUT2D eigenvalue weighted by Crippen LogP contribution is 2.34. The minimum Gasteiger partial charge on any atom is -0.456 e. The molecule has 170 valence electrons. The van der Waals surface area contributed by atoms with Crippen LogP contribution in [0.3, 0.4) is 0 Å². The lowest BCUT2D eigenvalue weighted by Crippen LogP contribution is -2.50. The number of nitriles is 1. The molecular weight excluding hydrogens is 473 g/mol. The summed E-state index contributed by atoms with van der Waals surface area (Å²) in [5.41, 5.74) is 0.186. The van der Waals surface area contributed by atoms with Crippen molar-refractivity contribution in [2.45, 2.75) is 25.2 Å². The van der Waals surface area contributed by atoms with E-state index in [2.05, 4.69) is 0 Å². The summed E-state index contributed by atoms with van der Waals surface area (Å²) in [5.74, 6) is 0.580. The number of rotatable bonds is 6. The molecule has 0 atom stereocenters. The van der Waals surface area contributed by atoms with Crippen molar-refractivity contribution >= 4 is 39.1 Å². The zero-order chi connectivity index (χ0) is 23.5. The highest BCUT2D eigenvalue weighted by Gasteiger charge is 2.32. The fraction of sp³-hybridized carbons (Fsp3) is 0.364. The molecule has 2 aromatic rings. The number of carbonyl (C=O) groups excluding carboxylic acids is 1. The number of piperazine rings is 1. The van der Waals surface area contributed by atoms with E-state index in [1.54, 1.807) is 4.90 Å². The Balaban J connectivity index is 1.87. The molecule has 32 heavy (non-hydrogen) atoms.